The Bertz CT molecular complexity index is 706. The van der Waals surface area contributed by atoms with E-state index in [0.717, 1.165) is 34.6 Å². The number of benzene rings is 2. The lowest BCUT2D eigenvalue weighted by atomic mass is 10.1. The van der Waals surface area contributed by atoms with Gasteiger partial charge in [0.05, 0.1) is 5.56 Å². The molecular weight excluding hydrogens is 331 g/mol. The Morgan fingerprint density at radius 1 is 1.08 bits per heavy atom. The Morgan fingerprint density at radius 3 is 2.32 bits per heavy atom. The zero-order chi connectivity index (χ0) is 18.6. The highest BCUT2D eigenvalue weighted by Gasteiger charge is 2.30. The van der Waals surface area contributed by atoms with Crippen molar-refractivity contribution in [2.75, 3.05) is 18.5 Å². The lowest BCUT2D eigenvalue weighted by Crippen LogP contribution is -2.26. The molecule has 0 aliphatic rings. The fourth-order valence-electron chi connectivity index (χ4n) is 2.67. The van der Waals surface area contributed by atoms with Crippen LogP contribution in [0.1, 0.15) is 22.3 Å². The molecule has 2 aromatic rings. The number of aryl methyl sites for hydroxylation is 3. The van der Waals surface area contributed by atoms with Crippen LogP contribution in [0.2, 0.25) is 0 Å². The predicted octanol–water partition coefficient (Wildman–Crippen LogP) is 4.48. The molecule has 2 N–H and O–H groups in total. The maximum atomic E-state index is 12.7. The van der Waals surface area contributed by atoms with Crippen LogP contribution in [0.5, 0.6) is 5.75 Å². The van der Waals surface area contributed by atoms with Crippen LogP contribution in [-0.4, -0.2) is 24.4 Å². The number of anilines is 1. The summed E-state index contributed by atoms with van der Waals surface area (Å²) in [6, 6.07) is 8.87. The van der Waals surface area contributed by atoms with Gasteiger partial charge in [-0.25, -0.2) is 0 Å². The summed E-state index contributed by atoms with van der Waals surface area (Å²) in [6.07, 6.45) is -5.24. The van der Waals surface area contributed by atoms with E-state index in [1.54, 1.807) is 0 Å². The molecule has 0 bridgehead atoms. The van der Waals surface area contributed by atoms with E-state index in [9.17, 15) is 18.3 Å². The fourth-order valence-corrected chi connectivity index (χ4v) is 2.67. The first-order valence-corrected chi connectivity index (χ1v) is 7.96. The third-order valence-electron chi connectivity index (χ3n) is 3.76. The minimum absolute atomic E-state index is 0.0523. The number of alkyl halides is 3. The van der Waals surface area contributed by atoms with E-state index in [4.69, 9.17) is 4.74 Å². The van der Waals surface area contributed by atoms with Crippen molar-refractivity contribution < 1.29 is 23.0 Å². The third kappa shape index (κ3) is 5.39. The van der Waals surface area contributed by atoms with Gasteiger partial charge in [0, 0.05) is 12.2 Å². The molecule has 6 heteroatoms. The van der Waals surface area contributed by atoms with Gasteiger partial charge in [0.2, 0.25) is 0 Å². The van der Waals surface area contributed by atoms with Crippen LogP contribution in [-0.2, 0) is 6.18 Å². The molecule has 0 saturated carbocycles. The summed E-state index contributed by atoms with van der Waals surface area (Å²) in [4.78, 5) is 0. The molecule has 2 aromatic carbocycles. The largest absolute Gasteiger partial charge is 0.490 e. The van der Waals surface area contributed by atoms with Crippen molar-refractivity contribution in [2.24, 2.45) is 0 Å². The van der Waals surface area contributed by atoms with Crippen LogP contribution in [0, 0.1) is 20.8 Å². The molecule has 0 unspecified atom stereocenters. The Kier molecular flexibility index (Phi) is 5.95. The van der Waals surface area contributed by atoms with Crippen molar-refractivity contribution in [3.8, 4) is 5.75 Å². The summed E-state index contributed by atoms with van der Waals surface area (Å²) in [6.45, 7) is 6.00. The molecule has 0 fully saturated rings. The highest BCUT2D eigenvalue weighted by molar-refractivity contribution is 5.46. The standard InChI is InChI=1S/C19H22F3NO2/c1-12-7-13(2)18(14(3)8-12)25-11-17(24)10-23-16-6-4-5-15(9-16)19(20,21)22/h4-9,17,23-24H,10-11H2,1-3H3/t17-/m0/s1. The molecule has 136 valence electrons. The van der Waals surface area contributed by atoms with Crippen LogP contribution in [0.3, 0.4) is 0 Å². The predicted molar refractivity (Wildman–Crippen MR) is 92.1 cm³/mol. The van der Waals surface area contributed by atoms with Gasteiger partial charge in [0.1, 0.15) is 18.5 Å². The van der Waals surface area contributed by atoms with E-state index in [0.29, 0.717) is 5.69 Å². The summed E-state index contributed by atoms with van der Waals surface area (Å²) in [5.41, 5.74) is 2.67. The lowest BCUT2D eigenvalue weighted by Gasteiger charge is -2.17. The molecule has 0 aliphatic heterocycles. The molecule has 0 aromatic heterocycles. The molecule has 0 heterocycles. The number of nitrogens with one attached hydrogen (secondary N) is 1. The Hall–Kier alpha value is -2.21. The molecule has 2 rings (SSSR count). The molecule has 0 saturated heterocycles. The van der Waals surface area contributed by atoms with Gasteiger partial charge in [0.15, 0.2) is 0 Å². The zero-order valence-electron chi connectivity index (χ0n) is 14.4. The average Bonchev–Trinajstić information content (AvgIpc) is 2.51. The maximum absolute atomic E-state index is 12.7. The van der Waals surface area contributed by atoms with Crippen molar-refractivity contribution in [1.29, 1.82) is 0 Å². The van der Waals surface area contributed by atoms with Crippen molar-refractivity contribution in [2.45, 2.75) is 33.1 Å². The van der Waals surface area contributed by atoms with Gasteiger partial charge in [-0.05, 0) is 50.1 Å². The van der Waals surface area contributed by atoms with E-state index in [1.165, 1.54) is 12.1 Å². The SMILES string of the molecule is Cc1cc(C)c(OC[C@@H](O)CNc2cccc(C(F)(F)F)c2)c(C)c1. The van der Waals surface area contributed by atoms with Gasteiger partial charge >= 0.3 is 6.18 Å². The Morgan fingerprint density at radius 2 is 1.72 bits per heavy atom. The monoisotopic (exact) mass is 353 g/mol. The molecule has 3 nitrogen and oxygen atoms in total. The molecule has 1 atom stereocenters. The minimum atomic E-state index is -4.39. The van der Waals surface area contributed by atoms with E-state index in [-0.39, 0.29) is 13.2 Å². The topological polar surface area (TPSA) is 41.5 Å². The number of hydrogen-bond acceptors (Lipinski definition) is 3. The van der Waals surface area contributed by atoms with Crippen LogP contribution < -0.4 is 10.1 Å². The van der Waals surface area contributed by atoms with Crippen molar-refractivity contribution in [3.05, 3.63) is 58.7 Å². The second-order valence-electron chi connectivity index (χ2n) is 6.15. The molecule has 0 spiro atoms. The van der Waals surface area contributed by atoms with E-state index < -0.39 is 17.8 Å². The smallest absolute Gasteiger partial charge is 0.416 e. The summed E-state index contributed by atoms with van der Waals surface area (Å²) < 4.78 is 43.7. The molecular formula is C19H22F3NO2. The number of ether oxygens (including phenoxy) is 1. The average molecular weight is 353 g/mol. The maximum Gasteiger partial charge on any atom is 0.416 e. The summed E-state index contributed by atoms with van der Waals surface area (Å²) in [5.74, 6) is 0.726. The van der Waals surface area contributed by atoms with Gasteiger partial charge in [-0.2, -0.15) is 13.2 Å². The first-order valence-electron chi connectivity index (χ1n) is 7.96. The number of hydrogen-bond donors (Lipinski definition) is 2. The second-order valence-corrected chi connectivity index (χ2v) is 6.15. The summed E-state index contributed by atoms with van der Waals surface area (Å²) in [5, 5.41) is 12.8. The zero-order valence-corrected chi connectivity index (χ0v) is 14.4. The minimum Gasteiger partial charge on any atom is -0.490 e. The number of halogens is 3. The summed E-state index contributed by atoms with van der Waals surface area (Å²) in [7, 11) is 0. The van der Waals surface area contributed by atoms with Gasteiger partial charge in [-0.15, -0.1) is 0 Å². The fraction of sp³-hybridized carbons (Fsp3) is 0.368. The van der Waals surface area contributed by atoms with Crippen LogP contribution in [0.15, 0.2) is 36.4 Å². The first-order chi connectivity index (χ1) is 11.7. The van der Waals surface area contributed by atoms with E-state index in [2.05, 4.69) is 5.32 Å². The van der Waals surface area contributed by atoms with Crippen LogP contribution >= 0.6 is 0 Å². The van der Waals surface area contributed by atoms with E-state index >= 15 is 0 Å². The summed E-state index contributed by atoms with van der Waals surface area (Å²) >= 11 is 0. The number of aliphatic hydroxyl groups excluding tert-OH is 1. The Balaban J connectivity index is 1.90. The lowest BCUT2D eigenvalue weighted by molar-refractivity contribution is -0.137. The molecule has 25 heavy (non-hydrogen) atoms. The van der Waals surface area contributed by atoms with Crippen LogP contribution in [0.4, 0.5) is 18.9 Å². The second kappa shape index (κ2) is 7.78. The van der Waals surface area contributed by atoms with E-state index in [1.807, 2.05) is 32.9 Å². The van der Waals surface area contributed by atoms with Crippen molar-refractivity contribution in [3.63, 3.8) is 0 Å². The molecule has 0 amide bonds. The molecule has 0 radical (unpaired) electrons. The number of rotatable bonds is 6. The van der Waals surface area contributed by atoms with Crippen LogP contribution in [0.25, 0.3) is 0 Å². The first kappa shape index (κ1) is 19.1. The van der Waals surface area contributed by atoms with Gasteiger partial charge in [-0.1, -0.05) is 23.8 Å². The number of aliphatic hydroxyl groups is 1. The molecule has 0 aliphatic carbocycles. The Labute approximate surface area is 145 Å². The van der Waals surface area contributed by atoms with Crippen molar-refractivity contribution >= 4 is 5.69 Å². The third-order valence-corrected chi connectivity index (χ3v) is 3.76. The van der Waals surface area contributed by atoms with Gasteiger partial charge in [-0.3, -0.25) is 0 Å². The van der Waals surface area contributed by atoms with Crippen molar-refractivity contribution in [1.82, 2.24) is 0 Å². The highest BCUT2D eigenvalue weighted by atomic mass is 19.4. The van der Waals surface area contributed by atoms with Gasteiger partial charge in [0.25, 0.3) is 0 Å². The van der Waals surface area contributed by atoms with Gasteiger partial charge < -0.3 is 15.2 Å². The quantitative estimate of drug-likeness (QED) is 0.804. The normalized spacial score (nSPS) is 12.8. The highest BCUT2D eigenvalue weighted by Crippen LogP contribution is 2.30.